The molecule has 1 aliphatic carbocycles. The molecule has 0 atom stereocenters. The van der Waals surface area contributed by atoms with Gasteiger partial charge in [0.05, 0.1) is 22.6 Å². The van der Waals surface area contributed by atoms with E-state index in [-0.39, 0.29) is 0 Å². The average Bonchev–Trinajstić information content (AvgIpc) is 3.90. The monoisotopic (exact) mass is 776 g/mol. The van der Waals surface area contributed by atoms with Crippen LogP contribution in [-0.4, -0.2) is 9.97 Å². The van der Waals surface area contributed by atoms with Crippen LogP contribution in [0.2, 0.25) is 0 Å². The Morgan fingerprint density at radius 1 is 0.328 bits per heavy atom. The second kappa shape index (κ2) is 15.7. The fraction of sp³-hybridized carbons (Fsp3) is 0.0169. The maximum atomic E-state index is 5.32. The molecule has 61 heavy (non-hydrogen) atoms. The van der Waals surface area contributed by atoms with Crippen molar-refractivity contribution in [3.05, 3.63) is 236 Å². The third-order valence-corrected chi connectivity index (χ3v) is 11.9. The summed E-state index contributed by atoms with van der Waals surface area (Å²) in [5.74, 6) is 0. The van der Waals surface area contributed by atoms with Crippen LogP contribution in [0.25, 0.3) is 105 Å². The first-order valence-corrected chi connectivity index (χ1v) is 20.9. The molecule has 286 valence electrons. The fourth-order valence-corrected chi connectivity index (χ4v) is 8.72. The molecular formula is C59H40N2. The Kier molecular flexibility index (Phi) is 9.29. The van der Waals surface area contributed by atoms with Gasteiger partial charge in [0, 0.05) is 16.5 Å². The third-order valence-electron chi connectivity index (χ3n) is 11.9. The van der Waals surface area contributed by atoms with E-state index in [4.69, 9.17) is 9.97 Å². The van der Waals surface area contributed by atoms with Gasteiger partial charge in [0.1, 0.15) is 0 Å². The number of aromatic nitrogens is 2. The van der Waals surface area contributed by atoms with Crippen LogP contribution < -0.4 is 0 Å². The Bertz CT molecular complexity index is 3190. The minimum atomic E-state index is 0.914. The van der Waals surface area contributed by atoms with E-state index < -0.39 is 0 Å². The number of allylic oxidation sites excluding steroid dienone is 4. The zero-order valence-electron chi connectivity index (χ0n) is 33.5. The molecule has 0 radical (unpaired) electrons. The summed E-state index contributed by atoms with van der Waals surface area (Å²) < 4.78 is 0. The lowest BCUT2D eigenvalue weighted by Crippen LogP contribution is -1.94. The van der Waals surface area contributed by atoms with Crippen LogP contribution in [0, 0.1) is 0 Å². The molecule has 0 unspecified atom stereocenters. The largest absolute Gasteiger partial charge is 0.248 e. The Hall–Kier alpha value is -7.94. The summed E-state index contributed by atoms with van der Waals surface area (Å²) in [6, 6.07) is 76.2. The minimum Gasteiger partial charge on any atom is -0.248 e. The van der Waals surface area contributed by atoms with Gasteiger partial charge in [-0.2, -0.15) is 0 Å². The van der Waals surface area contributed by atoms with Crippen LogP contribution in [0.5, 0.6) is 0 Å². The molecule has 2 heteroatoms. The van der Waals surface area contributed by atoms with Gasteiger partial charge in [-0.1, -0.05) is 188 Å². The molecule has 0 bridgehead atoms. The van der Waals surface area contributed by atoms with Gasteiger partial charge in [-0.15, -0.1) is 0 Å². The third kappa shape index (κ3) is 7.15. The lowest BCUT2D eigenvalue weighted by molar-refractivity contribution is 1.30. The first-order valence-electron chi connectivity index (χ1n) is 20.9. The number of fused-ring (bicyclic) bond motifs is 3. The maximum Gasteiger partial charge on any atom is 0.0722 e. The van der Waals surface area contributed by atoms with E-state index in [1.54, 1.807) is 0 Å². The van der Waals surface area contributed by atoms with E-state index in [0.717, 1.165) is 51.3 Å². The van der Waals surface area contributed by atoms with Crippen molar-refractivity contribution in [2.75, 3.05) is 0 Å². The smallest absolute Gasteiger partial charge is 0.0722 e. The van der Waals surface area contributed by atoms with E-state index in [1.165, 1.54) is 66.2 Å². The highest BCUT2D eigenvalue weighted by molar-refractivity contribution is 6.14. The highest BCUT2D eigenvalue weighted by Crippen LogP contribution is 2.39. The zero-order valence-corrected chi connectivity index (χ0v) is 33.5. The molecule has 0 N–H and O–H groups in total. The van der Waals surface area contributed by atoms with Crippen molar-refractivity contribution >= 4 is 27.2 Å². The average molecular weight is 777 g/mol. The molecule has 0 amide bonds. The summed E-state index contributed by atoms with van der Waals surface area (Å²) in [4.78, 5) is 10.5. The van der Waals surface area contributed by atoms with Crippen molar-refractivity contribution in [3.8, 4) is 78.1 Å². The van der Waals surface area contributed by atoms with Gasteiger partial charge in [0.25, 0.3) is 0 Å². The molecule has 0 aliphatic heterocycles. The van der Waals surface area contributed by atoms with Crippen LogP contribution in [0.15, 0.2) is 231 Å². The highest BCUT2D eigenvalue weighted by atomic mass is 14.7. The molecule has 0 spiro atoms. The molecule has 0 fully saturated rings. The molecule has 8 aromatic carbocycles. The van der Waals surface area contributed by atoms with Crippen molar-refractivity contribution in [3.63, 3.8) is 0 Å². The van der Waals surface area contributed by atoms with Crippen molar-refractivity contribution in [1.82, 2.24) is 9.97 Å². The molecule has 10 aromatic rings. The predicted octanol–water partition coefficient (Wildman–Crippen LogP) is 15.8. The number of hydrogen-bond acceptors (Lipinski definition) is 2. The minimum absolute atomic E-state index is 0.914. The fourth-order valence-electron chi connectivity index (χ4n) is 8.72. The van der Waals surface area contributed by atoms with Crippen molar-refractivity contribution in [2.45, 2.75) is 6.42 Å². The van der Waals surface area contributed by atoms with Crippen LogP contribution in [0.3, 0.4) is 0 Å². The van der Waals surface area contributed by atoms with Gasteiger partial charge in [0.2, 0.25) is 0 Å². The van der Waals surface area contributed by atoms with Crippen molar-refractivity contribution in [1.29, 1.82) is 0 Å². The van der Waals surface area contributed by atoms with Crippen LogP contribution >= 0.6 is 0 Å². The van der Waals surface area contributed by atoms with Crippen molar-refractivity contribution in [2.24, 2.45) is 0 Å². The molecule has 2 heterocycles. The summed E-state index contributed by atoms with van der Waals surface area (Å²) in [5.41, 5.74) is 19.1. The van der Waals surface area contributed by atoms with Crippen LogP contribution in [0.1, 0.15) is 12.1 Å². The van der Waals surface area contributed by atoms with E-state index in [9.17, 15) is 0 Å². The zero-order chi connectivity index (χ0) is 40.5. The second-order valence-electron chi connectivity index (χ2n) is 15.7. The number of rotatable bonds is 8. The van der Waals surface area contributed by atoms with E-state index in [0.29, 0.717) is 0 Å². The first-order chi connectivity index (χ1) is 30.2. The lowest BCUT2D eigenvalue weighted by Gasteiger charge is -2.14. The molecule has 2 aromatic heterocycles. The van der Waals surface area contributed by atoms with E-state index in [1.807, 2.05) is 0 Å². The predicted molar refractivity (Wildman–Crippen MR) is 257 cm³/mol. The number of nitrogens with zero attached hydrogens (tertiary/aromatic N) is 2. The molecule has 0 saturated carbocycles. The van der Waals surface area contributed by atoms with E-state index in [2.05, 4.69) is 231 Å². The Morgan fingerprint density at radius 2 is 0.836 bits per heavy atom. The second-order valence-corrected chi connectivity index (χ2v) is 15.7. The number of benzene rings is 8. The van der Waals surface area contributed by atoms with Gasteiger partial charge in [0.15, 0.2) is 0 Å². The van der Waals surface area contributed by atoms with Crippen molar-refractivity contribution < 1.29 is 0 Å². The number of hydrogen-bond donors (Lipinski definition) is 0. The summed E-state index contributed by atoms with van der Waals surface area (Å²) in [6.07, 6.45) is 7.42. The normalized spacial score (nSPS) is 12.2. The topological polar surface area (TPSA) is 25.8 Å². The molecular weight excluding hydrogens is 737 g/mol. The summed E-state index contributed by atoms with van der Waals surface area (Å²) in [7, 11) is 0. The van der Waals surface area contributed by atoms with E-state index >= 15 is 0 Å². The maximum absolute atomic E-state index is 5.32. The molecule has 11 rings (SSSR count). The number of pyridine rings is 2. The van der Waals surface area contributed by atoms with Gasteiger partial charge in [-0.05, 0) is 121 Å². The Morgan fingerprint density at radius 3 is 1.43 bits per heavy atom. The van der Waals surface area contributed by atoms with Gasteiger partial charge in [-0.3, -0.25) is 0 Å². The quantitative estimate of drug-likeness (QED) is 0.144. The highest BCUT2D eigenvalue weighted by Gasteiger charge is 2.16. The first kappa shape index (κ1) is 36.2. The molecule has 1 aliphatic rings. The summed E-state index contributed by atoms with van der Waals surface area (Å²) in [5, 5.41) is 3.59. The SMILES string of the molecule is C1=CCC(c2cc(-c3ccccc3)c3c(ccc4cc(-c5ccc(-c6cc(-c7cccc(-c8ccccc8)c7)nc(-c7cccc(-c8ccccc8)c7)c6)cc5)ccc43)n2)=C1. The van der Waals surface area contributed by atoms with Gasteiger partial charge in [-0.25, -0.2) is 9.97 Å². The Labute approximate surface area is 356 Å². The molecule has 0 saturated heterocycles. The van der Waals surface area contributed by atoms with Gasteiger partial charge < -0.3 is 0 Å². The summed E-state index contributed by atoms with van der Waals surface area (Å²) in [6.45, 7) is 0. The van der Waals surface area contributed by atoms with Crippen LogP contribution in [-0.2, 0) is 0 Å². The van der Waals surface area contributed by atoms with Crippen LogP contribution in [0.4, 0.5) is 0 Å². The Balaban J connectivity index is 0.982. The molecule has 2 nitrogen and oxygen atoms in total. The van der Waals surface area contributed by atoms with Gasteiger partial charge >= 0.3 is 0 Å². The summed E-state index contributed by atoms with van der Waals surface area (Å²) >= 11 is 0. The standard InChI is InChI=1S/C59H40N2/c1-4-14-40(15-5-1)46-22-12-24-50(35-46)56-37-52(38-57(61-56)51-25-13-23-47(36-51)41-16-6-2-7-17-41)43-28-26-42(27-29-43)48-30-32-53-49(34-48)31-33-55-59(53)54(44-18-8-3-9-19-44)39-58(60-55)45-20-10-11-21-45/h1-20,22-39H,21H2. The lowest BCUT2D eigenvalue weighted by atomic mass is 9.92.